The van der Waals surface area contributed by atoms with Crippen molar-refractivity contribution >= 4 is 29.5 Å². The quantitative estimate of drug-likeness (QED) is 0.617. The number of primary amides is 1. The van der Waals surface area contributed by atoms with Gasteiger partial charge in [0.25, 0.3) is 0 Å². The van der Waals surface area contributed by atoms with Crippen molar-refractivity contribution < 1.29 is 9.59 Å². The van der Waals surface area contributed by atoms with Gasteiger partial charge < -0.3 is 16.0 Å². The van der Waals surface area contributed by atoms with Gasteiger partial charge in [-0.3, -0.25) is 9.59 Å². The van der Waals surface area contributed by atoms with Gasteiger partial charge in [-0.05, 0) is 6.42 Å². The van der Waals surface area contributed by atoms with Crippen LogP contribution in [0.3, 0.4) is 0 Å². The first-order valence-corrected chi connectivity index (χ1v) is 5.35. The fourth-order valence-corrected chi connectivity index (χ4v) is 2.01. The Morgan fingerprint density at radius 1 is 1.87 bits per heavy atom. The molecule has 0 aromatic carbocycles. The zero-order chi connectivity index (χ0) is 11.4. The lowest BCUT2D eigenvalue weighted by Crippen LogP contribution is -2.46. The third-order valence-electron chi connectivity index (χ3n) is 2.55. The molecular weight excluding hydrogens is 214 g/mol. The molecule has 0 aromatic rings. The van der Waals surface area contributed by atoms with Gasteiger partial charge in [0, 0.05) is 13.0 Å². The highest BCUT2D eigenvalue weighted by Crippen LogP contribution is 2.16. The van der Waals surface area contributed by atoms with Crippen LogP contribution >= 0.6 is 12.2 Å². The van der Waals surface area contributed by atoms with Crippen molar-refractivity contribution in [3.8, 4) is 0 Å². The van der Waals surface area contributed by atoms with Crippen molar-refractivity contribution in [2.75, 3.05) is 6.54 Å². The molecule has 15 heavy (non-hydrogen) atoms. The van der Waals surface area contributed by atoms with Gasteiger partial charge >= 0.3 is 0 Å². The molecule has 0 radical (unpaired) electrons. The van der Waals surface area contributed by atoms with Crippen LogP contribution in [0.5, 0.6) is 0 Å². The zero-order valence-corrected chi connectivity index (χ0v) is 9.42. The van der Waals surface area contributed by atoms with Gasteiger partial charge in [-0.15, -0.1) is 0 Å². The van der Waals surface area contributed by atoms with E-state index in [1.165, 1.54) is 10.4 Å². The molecule has 0 spiro atoms. The van der Waals surface area contributed by atoms with Crippen LogP contribution in [-0.4, -0.2) is 40.8 Å². The van der Waals surface area contributed by atoms with Gasteiger partial charge in [0.1, 0.15) is 6.04 Å². The molecule has 2 atom stereocenters. The van der Waals surface area contributed by atoms with Gasteiger partial charge in [0.2, 0.25) is 11.8 Å². The van der Waals surface area contributed by atoms with Gasteiger partial charge in [0.05, 0.1) is 11.5 Å². The molecule has 5 nitrogen and oxygen atoms in total. The molecule has 0 saturated carbocycles. The number of nitrogens with zero attached hydrogens (tertiary/aromatic N) is 1. The minimum absolute atomic E-state index is 0.00315. The number of carbonyl (C=O) groups excluding carboxylic acids is 2. The maximum atomic E-state index is 11.6. The summed E-state index contributed by atoms with van der Waals surface area (Å²) in [6.07, 6.45) is 0.919. The maximum absolute atomic E-state index is 11.6. The molecule has 0 aliphatic carbocycles. The second-order valence-electron chi connectivity index (χ2n) is 3.56. The Balaban J connectivity index is 2.66. The predicted octanol–water partition coefficient (Wildman–Crippen LogP) is -0.602. The lowest BCUT2D eigenvalue weighted by molar-refractivity contribution is -0.136. The van der Waals surface area contributed by atoms with Crippen LogP contribution in [0.1, 0.15) is 19.8 Å². The van der Waals surface area contributed by atoms with Crippen LogP contribution < -0.4 is 11.1 Å². The van der Waals surface area contributed by atoms with Crippen LogP contribution in [0.15, 0.2) is 0 Å². The Morgan fingerprint density at radius 3 is 3.00 bits per heavy atom. The summed E-state index contributed by atoms with van der Waals surface area (Å²) in [5.74, 6) is -0.496. The highest BCUT2D eigenvalue weighted by Gasteiger charge is 2.35. The van der Waals surface area contributed by atoms with E-state index < -0.39 is 11.9 Å². The van der Waals surface area contributed by atoms with Crippen LogP contribution in [0.4, 0.5) is 0 Å². The zero-order valence-electron chi connectivity index (χ0n) is 8.60. The summed E-state index contributed by atoms with van der Waals surface area (Å²) >= 11 is 4.65. The standard InChI is InChI=1S/C9H15N3O2S/c1-2-7(9(10)14)12-4-6(11-5-15)3-8(12)13/h5-7H,2-4H2,1H3,(H2,10,14)(H,11,15)/t6?,7-/m0/s1. The molecule has 0 aromatic heterocycles. The molecule has 84 valence electrons. The Labute approximate surface area is 94.0 Å². The molecule has 6 heteroatoms. The Morgan fingerprint density at radius 2 is 2.53 bits per heavy atom. The Hall–Kier alpha value is -1.17. The average molecular weight is 229 g/mol. The molecule has 2 amide bonds. The van der Waals surface area contributed by atoms with Crippen LogP contribution in [0, 0.1) is 0 Å². The number of nitrogens with two attached hydrogens (primary N) is 1. The predicted molar refractivity (Wildman–Crippen MR) is 60.2 cm³/mol. The summed E-state index contributed by atoms with van der Waals surface area (Å²) in [5, 5.41) is 2.90. The number of carbonyl (C=O) groups is 2. The highest BCUT2D eigenvalue weighted by molar-refractivity contribution is 7.78. The third-order valence-corrected chi connectivity index (χ3v) is 2.69. The summed E-state index contributed by atoms with van der Waals surface area (Å²) in [6, 6.07) is -0.488. The van der Waals surface area contributed by atoms with Gasteiger partial charge in [-0.25, -0.2) is 0 Å². The molecule has 1 aliphatic heterocycles. The van der Waals surface area contributed by atoms with Crippen molar-refractivity contribution in [1.82, 2.24) is 10.2 Å². The molecule has 3 N–H and O–H groups in total. The lowest BCUT2D eigenvalue weighted by Gasteiger charge is -2.24. The third kappa shape index (κ3) is 2.65. The van der Waals surface area contributed by atoms with Gasteiger partial charge in [-0.1, -0.05) is 19.1 Å². The minimum Gasteiger partial charge on any atom is -0.377 e. The van der Waals surface area contributed by atoms with E-state index in [9.17, 15) is 9.59 Å². The largest absolute Gasteiger partial charge is 0.377 e. The second-order valence-corrected chi connectivity index (χ2v) is 3.79. The fourth-order valence-electron chi connectivity index (χ4n) is 1.82. The minimum atomic E-state index is -0.491. The number of hydrogen-bond acceptors (Lipinski definition) is 3. The molecule has 1 rings (SSSR count). The Bertz CT molecular complexity index is 283. The number of hydrogen-bond donors (Lipinski definition) is 2. The number of nitrogens with one attached hydrogen (secondary N) is 1. The summed E-state index contributed by atoms with van der Waals surface area (Å²) in [4.78, 5) is 24.2. The molecule has 1 aliphatic rings. The monoisotopic (exact) mass is 229 g/mol. The van der Waals surface area contributed by atoms with Gasteiger partial charge in [-0.2, -0.15) is 0 Å². The number of thiocarbonyl (C=S) groups is 1. The van der Waals surface area contributed by atoms with Crippen molar-refractivity contribution in [2.24, 2.45) is 5.73 Å². The first kappa shape index (κ1) is 11.9. The molecule has 1 unspecified atom stereocenters. The number of amides is 2. The molecule has 1 fully saturated rings. The van der Waals surface area contributed by atoms with E-state index in [0.717, 1.165) is 0 Å². The fraction of sp³-hybridized carbons (Fsp3) is 0.667. The highest BCUT2D eigenvalue weighted by atomic mass is 32.1. The summed E-state index contributed by atoms with van der Waals surface area (Å²) in [6.45, 7) is 2.33. The van der Waals surface area contributed by atoms with Crippen molar-refractivity contribution in [3.05, 3.63) is 0 Å². The first-order valence-electron chi connectivity index (χ1n) is 4.88. The number of rotatable bonds is 5. The van der Waals surface area contributed by atoms with Crippen molar-refractivity contribution in [3.63, 3.8) is 0 Å². The summed E-state index contributed by atoms with van der Waals surface area (Å²) < 4.78 is 0. The second kappa shape index (κ2) is 5.06. The lowest BCUT2D eigenvalue weighted by atomic mass is 10.2. The van der Waals surface area contributed by atoms with E-state index >= 15 is 0 Å². The van der Waals surface area contributed by atoms with E-state index in [1.54, 1.807) is 0 Å². The topological polar surface area (TPSA) is 75.4 Å². The molecule has 0 bridgehead atoms. The maximum Gasteiger partial charge on any atom is 0.240 e. The average Bonchev–Trinajstić information content (AvgIpc) is 2.49. The van der Waals surface area contributed by atoms with Crippen molar-refractivity contribution in [2.45, 2.75) is 31.8 Å². The van der Waals surface area contributed by atoms with E-state index in [1.807, 2.05) is 6.92 Å². The molecule has 1 heterocycles. The Kier molecular flexibility index (Phi) is 4.02. The van der Waals surface area contributed by atoms with Crippen molar-refractivity contribution in [1.29, 1.82) is 0 Å². The van der Waals surface area contributed by atoms with Crippen LogP contribution in [0.25, 0.3) is 0 Å². The molecule has 1 saturated heterocycles. The van der Waals surface area contributed by atoms with E-state index in [0.29, 0.717) is 19.4 Å². The normalized spacial score (nSPS) is 22.6. The molecular formula is C9H15N3O2S. The SMILES string of the molecule is CC[C@@H](C(N)=O)N1CC(NC=S)CC1=O. The summed E-state index contributed by atoms with van der Waals surface area (Å²) in [5.41, 5.74) is 6.62. The van der Waals surface area contributed by atoms with E-state index in [2.05, 4.69) is 17.5 Å². The van der Waals surface area contributed by atoms with Crippen LogP contribution in [0.2, 0.25) is 0 Å². The van der Waals surface area contributed by atoms with Crippen LogP contribution in [-0.2, 0) is 9.59 Å². The van der Waals surface area contributed by atoms with E-state index in [4.69, 9.17) is 5.73 Å². The summed E-state index contributed by atoms with van der Waals surface area (Å²) in [7, 11) is 0. The number of likely N-dealkylation sites (tertiary alicyclic amines) is 1. The van der Waals surface area contributed by atoms with E-state index in [-0.39, 0.29) is 11.9 Å². The van der Waals surface area contributed by atoms with Gasteiger partial charge in [0.15, 0.2) is 0 Å². The smallest absolute Gasteiger partial charge is 0.240 e. The first-order chi connectivity index (χ1) is 7.10.